The van der Waals surface area contributed by atoms with E-state index in [1.807, 2.05) is 17.5 Å². The van der Waals surface area contributed by atoms with Crippen molar-refractivity contribution in [3.05, 3.63) is 16.1 Å². The first-order valence-corrected chi connectivity index (χ1v) is 9.78. The van der Waals surface area contributed by atoms with Gasteiger partial charge in [-0.15, -0.1) is 11.3 Å². The average Bonchev–Trinajstić information content (AvgIpc) is 3.03. The summed E-state index contributed by atoms with van der Waals surface area (Å²) < 4.78 is 0. The average molecular weight is 353 g/mol. The summed E-state index contributed by atoms with van der Waals surface area (Å²) >= 11 is 1.81. The van der Waals surface area contributed by atoms with Gasteiger partial charge in [-0.3, -0.25) is 9.89 Å². The molecule has 0 bridgehead atoms. The van der Waals surface area contributed by atoms with E-state index < -0.39 is 0 Å². The number of rotatable bonds is 7. The van der Waals surface area contributed by atoms with Gasteiger partial charge in [0, 0.05) is 56.3 Å². The summed E-state index contributed by atoms with van der Waals surface area (Å²) in [5.41, 5.74) is 0. The van der Waals surface area contributed by atoms with Gasteiger partial charge in [0.2, 0.25) is 0 Å². The molecule has 0 amide bonds. The van der Waals surface area contributed by atoms with Gasteiger partial charge in [0.25, 0.3) is 0 Å². The lowest BCUT2D eigenvalue weighted by Crippen LogP contribution is -2.51. The highest BCUT2D eigenvalue weighted by Gasteiger charge is 2.21. The predicted molar refractivity (Wildman–Crippen MR) is 103 cm³/mol. The Labute approximate surface area is 150 Å². The third kappa shape index (κ3) is 6.03. The first-order valence-electron chi connectivity index (χ1n) is 8.96. The first-order chi connectivity index (χ1) is 11.6. The van der Waals surface area contributed by atoms with Crippen molar-refractivity contribution in [3.8, 4) is 0 Å². The maximum Gasteiger partial charge on any atom is 0.191 e. The summed E-state index contributed by atoms with van der Waals surface area (Å²) in [6.45, 7) is 10.2. The molecular weight excluding hydrogens is 320 g/mol. The van der Waals surface area contributed by atoms with Crippen LogP contribution in [0.5, 0.6) is 0 Å². The van der Waals surface area contributed by atoms with Gasteiger partial charge in [-0.1, -0.05) is 6.92 Å². The molecule has 1 fully saturated rings. The van der Waals surface area contributed by atoms with Crippen LogP contribution in [0.3, 0.4) is 0 Å². The lowest BCUT2D eigenvalue weighted by atomic mass is 10.2. The van der Waals surface area contributed by atoms with E-state index in [9.17, 15) is 0 Å². The fraction of sp³-hybridized carbons (Fsp3) is 0.765. The summed E-state index contributed by atoms with van der Waals surface area (Å²) in [5, 5.41) is 7.97. The van der Waals surface area contributed by atoms with E-state index in [1.165, 1.54) is 9.88 Å². The minimum absolute atomic E-state index is 0.491. The molecule has 1 unspecified atom stereocenters. The second-order valence-corrected chi connectivity index (χ2v) is 7.57. The Morgan fingerprint density at radius 1 is 1.33 bits per heavy atom. The largest absolute Gasteiger partial charge is 0.357 e. The number of hydrogen-bond donors (Lipinski definition) is 2. The Hall–Kier alpha value is -1.18. The van der Waals surface area contributed by atoms with Crippen LogP contribution >= 0.6 is 11.3 Å². The molecule has 1 aromatic rings. The summed E-state index contributed by atoms with van der Waals surface area (Å²) in [6, 6.07) is 0.491. The molecule has 1 aliphatic rings. The molecule has 136 valence electrons. The van der Waals surface area contributed by atoms with Gasteiger partial charge >= 0.3 is 0 Å². The third-order valence-electron chi connectivity index (χ3n) is 4.37. The van der Waals surface area contributed by atoms with Gasteiger partial charge in [-0.05, 0) is 27.4 Å². The number of piperazine rings is 1. The molecule has 7 heteroatoms. The molecule has 2 rings (SSSR count). The Morgan fingerprint density at radius 2 is 2.17 bits per heavy atom. The van der Waals surface area contributed by atoms with Gasteiger partial charge in [0.1, 0.15) is 0 Å². The summed E-state index contributed by atoms with van der Waals surface area (Å²) in [6.07, 6.45) is 4.01. The number of aryl methyl sites for hydroxylation is 1. The van der Waals surface area contributed by atoms with E-state index in [0.717, 1.165) is 58.1 Å². The third-order valence-corrected chi connectivity index (χ3v) is 5.57. The van der Waals surface area contributed by atoms with Gasteiger partial charge in [-0.2, -0.15) is 0 Å². The number of hydrogen-bond acceptors (Lipinski definition) is 5. The van der Waals surface area contributed by atoms with Crippen LogP contribution in [0.1, 0.15) is 23.7 Å². The molecule has 0 aromatic carbocycles. The molecule has 2 N–H and O–H groups in total. The molecule has 0 aliphatic carbocycles. The monoisotopic (exact) mass is 352 g/mol. The number of aliphatic imine (C=N–C) groups is 1. The summed E-state index contributed by atoms with van der Waals surface area (Å²) in [7, 11) is 4.38. The quantitative estimate of drug-likeness (QED) is 0.567. The molecule has 1 saturated heterocycles. The van der Waals surface area contributed by atoms with Crippen LogP contribution < -0.4 is 10.6 Å². The molecule has 1 atom stereocenters. The smallest absolute Gasteiger partial charge is 0.191 e. The normalized spacial score (nSPS) is 20.3. The Kier molecular flexibility index (Phi) is 7.94. The number of guanidine groups is 1. The lowest BCUT2D eigenvalue weighted by molar-refractivity contribution is 0.119. The van der Waals surface area contributed by atoms with Gasteiger partial charge in [-0.25, -0.2) is 4.98 Å². The maximum atomic E-state index is 4.78. The highest BCUT2D eigenvalue weighted by Crippen LogP contribution is 2.13. The highest BCUT2D eigenvalue weighted by molar-refractivity contribution is 7.11. The Morgan fingerprint density at radius 3 is 2.88 bits per heavy atom. The van der Waals surface area contributed by atoms with Gasteiger partial charge < -0.3 is 15.5 Å². The second kappa shape index (κ2) is 9.96. The molecule has 24 heavy (non-hydrogen) atoms. The standard InChI is InChI=1S/C17H32N6S/c1-5-15-12-20-16(24-15)7-8-19-17(18-6-2)21-11-14-13-22(3)9-10-23(14)4/h12,14H,5-11,13H2,1-4H3,(H2,18,19,21). The van der Waals surface area contributed by atoms with E-state index in [4.69, 9.17) is 4.99 Å². The van der Waals surface area contributed by atoms with Crippen molar-refractivity contribution in [2.24, 2.45) is 4.99 Å². The van der Waals surface area contributed by atoms with Crippen molar-refractivity contribution < 1.29 is 0 Å². The van der Waals surface area contributed by atoms with E-state index in [1.54, 1.807) is 0 Å². The maximum absolute atomic E-state index is 4.78. The topological polar surface area (TPSA) is 55.8 Å². The zero-order valence-electron chi connectivity index (χ0n) is 15.5. The van der Waals surface area contributed by atoms with E-state index in [2.05, 4.69) is 53.4 Å². The van der Waals surface area contributed by atoms with Crippen LogP contribution in [0.2, 0.25) is 0 Å². The number of likely N-dealkylation sites (N-methyl/N-ethyl adjacent to an activating group) is 2. The van der Waals surface area contributed by atoms with E-state index >= 15 is 0 Å². The number of thiazole rings is 1. The first kappa shape index (κ1) is 19.1. The van der Waals surface area contributed by atoms with Gasteiger partial charge in [0.15, 0.2) is 5.96 Å². The zero-order valence-corrected chi connectivity index (χ0v) is 16.3. The van der Waals surface area contributed by atoms with Gasteiger partial charge in [0.05, 0.1) is 11.6 Å². The highest BCUT2D eigenvalue weighted by atomic mass is 32.1. The molecule has 2 heterocycles. The minimum Gasteiger partial charge on any atom is -0.357 e. The van der Waals surface area contributed by atoms with E-state index in [-0.39, 0.29) is 0 Å². The molecule has 0 radical (unpaired) electrons. The molecule has 1 aliphatic heterocycles. The lowest BCUT2D eigenvalue weighted by Gasteiger charge is -2.36. The predicted octanol–water partition coefficient (Wildman–Crippen LogP) is 1.05. The van der Waals surface area contributed by atoms with Crippen molar-refractivity contribution in [1.82, 2.24) is 25.4 Å². The summed E-state index contributed by atoms with van der Waals surface area (Å²) in [4.78, 5) is 15.4. The van der Waals surface area contributed by atoms with Crippen molar-refractivity contribution >= 4 is 17.3 Å². The fourth-order valence-electron chi connectivity index (χ4n) is 2.75. The summed E-state index contributed by atoms with van der Waals surface area (Å²) in [5.74, 6) is 0.909. The zero-order chi connectivity index (χ0) is 17.4. The van der Waals surface area contributed by atoms with Crippen molar-refractivity contribution in [3.63, 3.8) is 0 Å². The van der Waals surface area contributed by atoms with E-state index in [0.29, 0.717) is 6.04 Å². The van der Waals surface area contributed by atoms with Crippen molar-refractivity contribution in [2.75, 3.05) is 53.4 Å². The molecule has 6 nitrogen and oxygen atoms in total. The molecule has 0 spiro atoms. The molecular formula is C17H32N6S. The fourth-order valence-corrected chi connectivity index (χ4v) is 3.61. The van der Waals surface area contributed by atoms with Crippen molar-refractivity contribution in [1.29, 1.82) is 0 Å². The van der Waals surface area contributed by atoms with Crippen LogP contribution in [-0.4, -0.2) is 80.1 Å². The van der Waals surface area contributed by atoms with Crippen LogP contribution in [0, 0.1) is 0 Å². The van der Waals surface area contributed by atoms with Crippen molar-refractivity contribution in [2.45, 2.75) is 32.7 Å². The minimum atomic E-state index is 0.491. The molecule has 0 saturated carbocycles. The van der Waals surface area contributed by atoms with Crippen LogP contribution in [0.4, 0.5) is 0 Å². The number of nitrogens with one attached hydrogen (secondary N) is 2. The second-order valence-electron chi connectivity index (χ2n) is 6.37. The van der Waals surface area contributed by atoms with Crippen LogP contribution in [-0.2, 0) is 12.8 Å². The molecule has 1 aromatic heterocycles. The Balaban J connectivity index is 1.81. The SMILES string of the molecule is CCNC(=NCC1CN(C)CCN1C)NCCc1ncc(CC)s1. The van der Waals surface area contributed by atoms with Crippen LogP contribution in [0.15, 0.2) is 11.2 Å². The Bertz CT molecular complexity index is 515. The number of aromatic nitrogens is 1. The van der Waals surface area contributed by atoms with Crippen LogP contribution in [0.25, 0.3) is 0 Å². The number of nitrogens with zero attached hydrogens (tertiary/aromatic N) is 4.